The molecule has 0 unspecified atom stereocenters. The van der Waals surface area contributed by atoms with E-state index in [2.05, 4.69) is 29.2 Å². The van der Waals surface area contributed by atoms with Gasteiger partial charge < -0.3 is 15.6 Å². The number of carbonyl (C=O) groups is 1. The quantitative estimate of drug-likeness (QED) is 0.847. The van der Waals surface area contributed by atoms with Crippen LogP contribution in [-0.2, 0) is 17.9 Å². The molecule has 0 spiro atoms. The van der Waals surface area contributed by atoms with Gasteiger partial charge in [-0.25, -0.2) is 9.67 Å². The van der Waals surface area contributed by atoms with E-state index in [0.29, 0.717) is 18.4 Å². The Labute approximate surface area is 117 Å². The van der Waals surface area contributed by atoms with Crippen molar-refractivity contribution in [3.8, 4) is 0 Å². The van der Waals surface area contributed by atoms with Gasteiger partial charge in [0.25, 0.3) is 0 Å². The van der Waals surface area contributed by atoms with Crippen LogP contribution in [0, 0.1) is 6.92 Å². The second-order valence-electron chi connectivity index (χ2n) is 4.99. The number of nitrogens with zero attached hydrogens (tertiary/aromatic N) is 4. The first-order valence-electron chi connectivity index (χ1n) is 6.55. The molecule has 7 nitrogen and oxygen atoms in total. The molecule has 0 saturated carbocycles. The van der Waals surface area contributed by atoms with E-state index in [1.807, 2.05) is 17.7 Å². The molecule has 0 aliphatic carbocycles. The SMILES string of the molecule is Cc1cc(N)n(CC(=O)NCc2nccn2C(C)C)n1. The number of hydrogen-bond donors (Lipinski definition) is 2. The van der Waals surface area contributed by atoms with Gasteiger partial charge in [0.05, 0.1) is 12.2 Å². The lowest BCUT2D eigenvalue weighted by Crippen LogP contribution is -2.29. The second-order valence-corrected chi connectivity index (χ2v) is 4.99. The van der Waals surface area contributed by atoms with Crippen molar-refractivity contribution in [2.24, 2.45) is 0 Å². The normalized spacial score (nSPS) is 11.0. The Morgan fingerprint density at radius 2 is 2.25 bits per heavy atom. The third-order valence-electron chi connectivity index (χ3n) is 2.98. The van der Waals surface area contributed by atoms with Gasteiger partial charge >= 0.3 is 0 Å². The van der Waals surface area contributed by atoms with E-state index < -0.39 is 0 Å². The fourth-order valence-electron chi connectivity index (χ4n) is 2.01. The van der Waals surface area contributed by atoms with Gasteiger partial charge in [-0.3, -0.25) is 4.79 Å². The fourth-order valence-corrected chi connectivity index (χ4v) is 2.01. The lowest BCUT2D eigenvalue weighted by Gasteiger charge is -2.12. The minimum Gasteiger partial charge on any atom is -0.384 e. The number of nitrogens with one attached hydrogen (secondary N) is 1. The zero-order chi connectivity index (χ0) is 14.7. The predicted octanol–water partition coefficient (Wildman–Crippen LogP) is 0.868. The number of rotatable bonds is 5. The first-order chi connectivity index (χ1) is 9.47. The molecule has 0 bridgehead atoms. The minimum atomic E-state index is -0.141. The number of nitrogen functional groups attached to an aromatic ring is 1. The highest BCUT2D eigenvalue weighted by Crippen LogP contribution is 2.08. The van der Waals surface area contributed by atoms with E-state index in [1.165, 1.54) is 4.68 Å². The van der Waals surface area contributed by atoms with Crippen molar-refractivity contribution in [1.82, 2.24) is 24.6 Å². The summed E-state index contributed by atoms with van der Waals surface area (Å²) in [6, 6.07) is 2.05. The zero-order valence-corrected chi connectivity index (χ0v) is 12.0. The molecule has 0 aromatic carbocycles. The molecule has 7 heteroatoms. The molecule has 2 heterocycles. The number of imidazole rings is 1. The van der Waals surface area contributed by atoms with Crippen LogP contribution in [0.3, 0.4) is 0 Å². The Bertz CT molecular complexity index is 598. The van der Waals surface area contributed by atoms with Crippen LogP contribution >= 0.6 is 0 Å². The van der Waals surface area contributed by atoms with Crippen LogP contribution in [0.4, 0.5) is 5.82 Å². The van der Waals surface area contributed by atoms with Crippen molar-refractivity contribution in [2.45, 2.75) is 39.9 Å². The number of aryl methyl sites for hydroxylation is 1. The summed E-state index contributed by atoms with van der Waals surface area (Å²) in [5.74, 6) is 1.18. The molecule has 2 aromatic rings. The van der Waals surface area contributed by atoms with Gasteiger partial charge in [-0.1, -0.05) is 0 Å². The van der Waals surface area contributed by atoms with Crippen LogP contribution in [0.25, 0.3) is 0 Å². The minimum absolute atomic E-state index is 0.113. The summed E-state index contributed by atoms with van der Waals surface area (Å²) in [5.41, 5.74) is 6.55. The van der Waals surface area contributed by atoms with Gasteiger partial charge in [0.1, 0.15) is 18.2 Å². The van der Waals surface area contributed by atoms with Crippen LogP contribution in [0.5, 0.6) is 0 Å². The Kier molecular flexibility index (Phi) is 4.07. The maximum Gasteiger partial charge on any atom is 0.242 e. The highest BCUT2D eigenvalue weighted by molar-refractivity contribution is 5.75. The van der Waals surface area contributed by atoms with Crippen molar-refractivity contribution in [2.75, 3.05) is 5.73 Å². The largest absolute Gasteiger partial charge is 0.384 e. The molecule has 0 aliphatic rings. The molecule has 0 aliphatic heterocycles. The molecule has 2 aromatic heterocycles. The Morgan fingerprint density at radius 1 is 1.50 bits per heavy atom. The molecule has 0 atom stereocenters. The standard InChI is InChI=1S/C13H20N6O/c1-9(2)18-5-4-15-12(18)7-16-13(20)8-19-11(14)6-10(3)17-19/h4-6,9H,7-8,14H2,1-3H3,(H,16,20). The maximum atomic E-state index is 11.9. The van der Waals surface area contributed by atoms with E-state index >= 15 is 0 Å². The van der Waals surface area contributed by atoms with Crippen LogP contribution in [0.2, 0.25) is 0 Å². The van der Waals surface area contributed by atoms with E-state index in [0.717, 1.165) is 11.5 Å². The van der Waals surface area contributed by atoms with Crippen LogP contribution in [0.1, 0.15) is 31.4 Å². The lowest BCUT2D eigenvalue weighted by atomic mass is 10.4. The summed E-state index contributed by atoms with van der Waals surface area (Å²) in [6.45, 7) is 6.48. The number of carbonyl (C=O) groups excluding carboxylic acids is 1. The molecule has 3 N–H and O–H groups in total. The average molecular weight is 276 g/mol. The predicted molar refractivity (Wildman–Crippen MR) is 75.8 cm³/mol. The summed E-state index contributed by atoms with van der Waals surface area (Å²) < 4.78 is 3.51. The van der Waals surface area contributed by atoms with Gasteiger partial charge in [0.2, 0.25) is 5.91 Å². The lowest BCUT2D eigenvalue weighted by molar-refractivity contribution is -0.122. The number of nitrogens with two attached hydrogens (primary N) is 1. The third-order valence-corrected chi connectivity index (χ3v) is 2.98. The summed E-state index contributed by atoms with van der Waals surface area (Å²) in [6.07, 6.45) is 3.64. The highest BCUT2D eigenvalue weighted by atomic mass is 16.2. The molecule has 20 heavy (non-hydrogen) atoms. The topological polar surface area (TPSA) is 90.8 Å². The Balaban J connectivity index is 1.92. The van der Waals surface area contributed by atoms with Crippen LogP contribution < -0.4 is 11.1 Å². The van der Waals surface area contributed by atoms with Crippen molar-refractivity contribution < 1.29 is 4.79 Å². The van der Waals surface area contributed by atoms with Crippen molar-refractivity contribution in [3.05, 3.63) is 30.0 Å². The van der Waals surface area contributed by atoms with Crippen molar-refractivity contribution >= 4 is 11.7 Å². The van der Waals surface area contributed by atoms with E-state index in [-0.39, 0.29) is 12.5 Å². The monoisotopic (exact) mass is 276 g/mol. The maximum absolute atomic E-state index is 11.9. The van der Waals surface area contributed by atoms with Crippen molar-refractivity contribution in [1.29, 1.82) is 0 Å². The Morgan fingerprint density at radius 3 is 2.85 bits per heavy atom. The summed E-state index contributed by atoms with van der Waals surface area (Å²) in [5, 5.41) is 6.98. The van der Waals surface area contributed by atoms with Gasteiger partial charge in [0, 0.05) is 24.5 Å². The molecular formula is C13H20N6O. The van der Waals surface area contributed by atoms with Gasteiger partial charge in [0.15, 0.2) is 0 Å². The summed E-state index contributed by atoms with van der Waals surface area (Å²) in [4.78, 5) is 16.1. The average Bonchev–Trinajstić information content (AvgIpc) is 2.94. The third kappa shape index (κ3) is 3.17. The summed E-state index contributed by atoms with van der Waals surface area (Å²) in [7, 11) is 0. The molecule has 1 amide bonds. The molecule has 2 rings (SSSR count). The van der Waals surface area contributed by atoms with E-state index in [4.69, 9.17) is 5.73 Å². The molecular weight excluding hydrogens is 256 g/mol. The molecule has 108 valence electrons. The molecule has 0 fully saturated rings. The van der Waals surface area contributed by atoms with E-state index in [1.54, 1.807) is 12.3 Å². The smallest absolute Gasteiger partial charge is 0.242 e. The number of anilines is 1. The highest BCUT2D eigenvalue weighted by Gasteiger charge is 2.10. The Hall–Kier alpha value is -2.31. The van der Waals surface area contributed by atoms with Crippen LogP contribution in [-0.4, -0.2) is 25.2 Å². The number of hydrogen-bond acceptors (Lipinski definition) is 4. The first kappa shape index (κ1) is 14.1. The van der Waals surface area contributed by atoms with Gasteiger partial charge in [-0.05, 0) is 20.8 Å². The first-order valence-corrected chi connectivity index (χ1v) is 6.55. The summed E-state index contributed by atoms with van der Waals surface area (Å²) >= 11 is 0. The van der Waals surface area contributed by atoms with Crippen LogP contribution in [0.15, 0.2) is 18.5 Å². The van der Waals surface area contributed by atoms with Crippen molar-refractivity contribution in [3.63, 3.8) is 0 Å². The fraction of sp³-hybridized carbons (Fsp3) is 0.462. The second kappa shape index (κ2) is 5.77. The van der Waals surface area contributed by atoms with Gasteiger partial charge in [-0.2, -0.15) is 5.10 Å². The molecule has 0 saturated heterocycles. The zero-order valence-electron chi connectivity index (χ0n) is 12.0. The molecule has 0 radical (unpaired) electrons. The van der Waals surface area contributed by atoms with Gasteiger partial charge in [-0.15, -0.1) is 0 Å². The van der Waals surface area contributed by atoms with E-state index in [9.17, 15) is 4.79 Å². The number of aromatic nitrogens is 4. The number of amides is 1.